The molecule has 1 aliphatic rings. The van der Waals surface area contributed by atoms with E-state index in [0.717, 1.165) is 19.6 Å². The summed E-state index contributed by atoms with van der Waals surface area (Å²) in [5.74, 6) is 0.557. The van der Waals surface area contributed by atoms with Gasteiger partial charge in [-0.3, -0.25) is 15.0 Å². The van der Waals surface area contributed by atoms with Crippen molar-refractivity contribution in [2.75, 3.05) is 31.5 Å². The highest BCUT2D eigenvalue weighted by Crippen LogP contribution is 2.17. The van der Waals surface area contributed by atoms with Crippen LogP contribution in [-0.4, -0.2) is 52.7 Å². The van der Waals surface area contributed by atoms with Gasteiger partial charge < -0.3 is 9.73 Å². The normalized spacial score (nSPS) is 19.2. The molecule has 1 aliphatic heterocycles. The van der Waals surface area contributed by atoms with Crippen LogP contribution in [0.15, 0.2) is 4.42 Å². The molecule has 0 spiro atoms. The molecular weight excluding hydrogens is 258 g/mol. The molecule has 1 amide bonds. The van der Waals surface area contributed by atoms with Gasteiger partial charge in [-0.1, -0.05) is 18.9 Å². The summed E-state index contributed by atoms with van der Waals surface area (Å²) in [6.45, 7) is 11.1. The van der Waals surface area contributed by atoms with Crippen LogP contribution in [0.1, 0.15) is 39.5 Å². The first-order valence-corrected chi connectivity index (χ1v) is 6.97. The van der Waals surface area contributed by atoms with Crippen LogP contribution in [0.4, 0.5) is 6.01 Å². The molecule has 1 aromatic heterocycles. The molecule has 1 fully saturated rings. The van der Waals surface area contributed by atoms with E-state index in [-0.39, 0.29) is 23.4 Å². The lowest BCUT2D eigenvalue weighted by molar-refractivity contribution is -0.119. The summed E-state index contributed by atoms with van der Waals surface area (Å²) in [5.41, 5.74) is -0.0342. The van der Waals surface area contributed by atoms with Crippen LogP contribution < -0.4 is 10.6 Å². The Hall–Kier alpha value is -1.47. The molecule has 7 nitrogen and oxygen atoms in total. The van der Waals surface area contributed by atoms with Gasteiger partial charge in [0.15, 0.2) is 0 Å². The number of anilines is 1. The van der Waals surface area contributed by atoms with Gasteiger partial charge in [-0.15, -0.1) is 5.10 Å². The maximum Gasteiger partial charge on any atom is 0.322 e. The number of rotatable bonds is 4. The van der Waals surface area contributed by atoms with E-state index in [2.05, 4.69) is 39.6 Å². The quantitative estimate of drug-likeness (QED) is 0.850. The molecule has 1 aromatic rings. The molecule has 0 saturated carbocycles. The summed E-state index contributed by atoms with van der Waals surface area (Å²) in [6.07, 6.45) is 0. The van der Waals surface area contributed by atoms with Crippen molar-refractivity contribution in [2.24, 2.45) is 0 Å². The van der Waals surface area contributed by atoms with Gasteiger partial charge in [0, 0.05) is 31.1 Å². The Kier molecular flexibility index (Phi) is 4.39. The number of hydrogen-bond acceptors (Lipinski definition) is 6. The van der Waals surface area contributed by atoms with Crippen molar-refractivity contribution in [2.45, 2.75) is 39.2 Å². The monoisotopic (exact) mass is 281 g/mol. The van der Waals surface area contributed by atoms with Gasteiger partial charge in [0.2, 0.25) is 11.8 Å². The standard InChI is InChI=1S/C13H23N5O2/c1-9(2)11-16-17-12(20-11)15-10(19)7-18-6-5-14-8-13(18,3)4/h9,14H,5-8H2,1-4H3,(H,15,17,19). The number of amides is 1. The number of hydrogen-bond donors (Lipinski definition) is 2. The summed E-state index contributed by atoms with van der Waals surface area (Å²) >= 11 is 0. The Morgan fingerprint density at radius 2 is 2.25 bits per heavy atom. The highest BCUT2D eigenvalue weighted by molar-refractivity contribution is 5.90. The van der Waals surface area contributed by atoms with Gasteiger partial charge in [-0.25, -0.2) is 0 Å². The Morgan fingerprint density at radius 1 is 1.50 bits per heavy atom. The largest absolute Gasteiger partial charge is 0.408 e. The minimum atomic E-state index is -0.126. The molecule has 0 aromatic carbocycles. The predicted molar refractivity (Wildman–Crippen MR) is 75.5 cm³/mol. The Morgan fingerprint density at radius 3 is 2.85 bits per heavy atom. The predicted octanol–water partition coefficient (Wildman–Crippen LogP) is 0.815. The first-order valence-electron chi connectivity index (χ1n) is 6.97. The Balaban J connectivity index is 1.91. The third kappa shape index (κ3) is 3.55. The molecule has 2 N–H and O–H groups in total. The molecule has 20 heavy (non-hydrogen) atoms. The molecule has 2 heterocycles. The molecule has 1 saturated heterocycles. The van der Waals surface area contributed by atoms with Crippen LogP contribution in [0, 0.1) is 0 Å². The highest BCUT2D eigenvalue weighted by atomic mass is 16.4. The third-order valence-electron chi connectivity index (χ3n) is 3.49. The van der Waals surface area contributed by atoms with Crippen LogP contribution in [0.5, 0.6) is 0 Å². The molecule has 0 aliphatic carbocycles. The smallest absolute Gasteiger partial charge is 0.322 e. The molecule has 7 heteroatoms. The number of carbonyl (C=O) groups is 1. The minimum Gasteiger partial charge on any atom is -0.408 e. The summed E-state index contributed by atoms with van der Waals surface area (Å²) in [7, 11) is 0. The lowest BCUT2D eigenvalue weighted by atomic mass is 10.0. The average Bonchev–Trinajstić information content (AvgIpc) is 2.80. The van der Waals surface area contributed by atoms with E-state index >= 15 is 0 Å². The zero-order valence-electron chi connectivity index (χ0n) is 12.6. The maximum atomic E-state index is 12.0. The molecule has 0 radical (unpaired) electrons. The fraction of sp³-hybridized carbons (Fsp3) is 0.769. The van der Waals surface area contributed by atoms with Crippen LogP contribution in [0.3, 0.4) is 0 Å². The van der Waals surface area contributed by atoms with Crippen molar-refractivity contribution in [1.82, 2.24) is 20.4 Å². The number of nitrogens with zero attached hydrogens (tertiary/aromatic N) is 3. The maximum absolute atomic E-state index is 12.0. The first-order chi connectivity index (χ1) is 9.38. The number of nitrogens with one attached hydrogen (secondary N) is 2. The number of carbonyl (C=O) groups excluding carboxylic acids is 1. The van der Waals surface area contributed by atoms with Crippen molar-refractivity contribution in [3.05, 3.63) is 5.89 Å². The van der Waals surface area contributed by atoms with Crippen molar-refractivity contribution >= 4 is 11.9 Å². The van der Waals surface area contributed by atoms with E-state index in [1.807, 2.05) is 13.8 Å². The second-order valence-corrected chi connectivity index (χ2v) is 6.06. The average molecular weight is 281 g/mol. The highest BCUT2D eigenvalue weighted by Gasteiger charge is 2.31. The summed E-state index contributed by atoms with van der Waals surface area (Å²) in [4.78, 5) is 14.2. The van der Waals surface area contributed by atoms with E-state index in [9.17, 15) is 4.79 Å². The zero-order chi connectivity index (χ0) is 14.8. The fourth-order valence-electron chi connectivity index (χ4n) is 2.17. The molecule has 0 atom stereocenters. The first kappa shape index (κ1) is 14.9. The SMILES string of the molecule is CC(C)c1nnc(NC(=O)CN2CCNCC2(C)C)o1. The van der Waals surface area contributed by atoms with Crippen LogP contribution in [0.25, 0.3) is 0 Å². The van der Waals surface area contributed by atoms with Crippen LogP contribution in [-0.2, 0) is 4.79 Å². The van der Waals surface area contributed by atoms with Gasteiger partial charge in [-0.2, -0.15) is 0 Å². The molecule has 0 bridgehead atoms. The second kappa shape index (κ2) is 5.88. The number of aromatic nitrogens is 2. The van der Waals surface area contributed by atoms with Crippen LogP contribution in [0.2, 0.25) is 0 Å². The van der Waals surface area contributed by atoms with E-state index in [0.29, 0.717) is 12.4 Å². The minimum absolute atomic E-state index is 0.0342. The topological polar surface area (TPSA) is 83.3 Å². The summed E-state index contributed by atoms with van der Waals surface area (Å²) < 4.78 is 5.37. The summed E-state index contributed by atoms with van der Waals surface area (Å²) in [5, 5.41) is 13.7. The van der Waals surface area contributed by atoms with Gasteiger partial charge in [0.1, 0.15) is 0 Å². The summed E-state index contributed by atoms with van der Waals surface area (Å²) in [6, 6.07) is 0.173. The lowest BCUT2D eigenvalue weighted by Crippen LogP contribution is -2.59. The molecular formula is C13H23N5O2. The van der Waals surface area contributed by atoms with Gasteiger partial charge in [-0.05, 0) is 13.8 Å². The van der Waals surface area contributed by atoms with E-state index in [1.165, 1.54) is 0 Å². The second-order valence-electron chi connectivity index (χ2n) is 6.06. The third-order valence-corrected chi connectivity index (χ3v) is 3.49. The lowest BCUT2D eigenvalue weighted by Gasteiger charge is -2.42. The Labute approximate surface area is 119 Å². The van der Waals surface area contributed by atoms with E-state index in [1.54, 1.807) is 0 Å². The molecule has 0 unspecified atom stereocenters. The van der Waals surface area contributed by atoms with Gasteiger partial charge in [0.25, 0.3) is 0 Å². The van der Waals surface area contributed by atoms with Gasteiger partial charge in [0.05, 0.1) is 6.54 Å². The molecule has 2 rings (SSSR count). The van der Waals surface area contributed by atoms with Gasteiger partial charge >= 0.3 is 6.01 Å². The van der Waals surface area contributed by atoms with Crippen molar-refractivity contribution in [1.29, 1.82) is 0 Å². The number of piperazine rings is 1. The van der Waals surface area contributed by atoms with Crippen molar-refractivity contribution < 1.29 is 9.21 Å². The van der Waals surface area contributed by atoms with Crippen molar-refractivity contribution in [3.63, 3.8) is 0 Å². The van der Waals surface area contributed by atoms with Crippen molar-refractivity contribution in [3.8, 4) is 0 Å². The Bertz CT molecular complexity index is 469. The molecule has 112 valence electrons. The van der Waals surface area contributed by atoms with E-state index in [4.69, 9.17) is 4.42 Å². The fourth-order valence-corrected chi connectivity index (χ4v) is 2.17. The zero-order valence-corrected chi connectivity index (χ0v) is 12.6. The van der Waals surface area contributed by atoms with E-state index < -0.39 is 0 Å². The van der Waals surface area contributed by atoms with Crippen LogP contribution >= 0.6 is 0 Å².